The van der Waals surface area contributed by atoms with Crippen LogP contribution < -0.4 is 0 Å². The van der Waals surface area contributed by atoms with E-state index in [0.717, 1.165) is 24.3 Å². The molecule has 6 nitrogen and oxygen atoms in total. The summed E-state index contributed by atoms with van der Waals surface area (Å²) < 4.78 is 117. The number of halogens is 8. The summed E-state index contributed by atoms with van der Waals surface area (Å²) >= 11 is -0.387. The van der Waals surface area contributed by atoms with Crippen molar-refractivity contribution in [2.24, 2.45) is 0 Å². The number of hydrogen-bond acceptors (Lipinski definition) is 8. The summed E-state index contributed by atoms with van der Waals surface area (Å²) in [5.41, 5.74) is -5.87. The second kappa shape index (κ2) is 10.9. The number of benzene rings is 4. The molecule has 5 rings (SSSR count). The number of phenols is 2. The van der Waals surface area contributed by atoms with Gasteiger partial charge in [0.15, 0.2) is 58.1 Å². The van der Waals surface area contributed by atoms with Crippen molar-refractivity contribution in [3.63, 3.8) is 0 Å². The van der Waals surface area contributed by atoms with Crippen LogP contribution in [0.3, 0.4) is 0 Å². The number of fused-ring (bicyclic) bond motifs is 2. The minimum absolute atomic E-state index is 0.194. The molecule has 220 valence electrons. The molecular weight excluding hydrogens is 644 g/mol. The highest BCUT2D eigenvalue weighted by Crippen LogP contribution is 2.47. The Bertz CT molecular complexity index is 1900. The van der Waals surface area contributed by atoms with Crippen molar-refractivity contribution in [2.75, 3.05) is 0 Å². The molecule has 0 fully saturated rings. The van der Waals surface area contributed by atoms with Crippen molar-refractivity contribution in [2.45, 2.75) is 19.6 Å². The lowest BCUT2D eigenvalue weighted by Gasteiger charge is -2.22. The van der Waals surface area contributed by atoms with Crippen molar-refractivity contribution in [1.82, 2.24) is 0 Å². The van der Waals surface area contributed by atoms with Gasteiger partial charge in [-0.2, -0.15) is 10.5 Å². The zero-order chi connectivity index (χ0) is 32.4. The van der Waals surface area contributed by atoms with E-state index in [0.29, 0.717) is 12.1 Å². The third-order valence-corrected chi connectivity index (χ3v) is 8.65. The average molecular weight is 650 g/mol. The first-order valence-corrected chi connectivity index (χ1v) is 13.1. The van der Waals surface area contributed by atoms with Gasteiger partial charge in [0.1, 0.15) is 34.8 Å². The average Bonchev–Trinajstić information content (AvgIpc) is 3.00. The lowest BCUT2D eigenvalue weighted by Crippen LogP contribution is -2.21. The molecule has 4 aromatic rings. The molecule has 0 saturated heterocycles. The van der Waals surface area contributed by atoms with Gasteiger partial charge in [-0.25, -0.2) is 35.1 Å². The summed E-state index contributed by atoms with van der Waals surface area (Å²) in [6.45, 7) is 0. The van der Waals surface area contributed by atoms with Gasteiger partial charge in [-0.05, 0) is 24.3 Å². The summed E-state index contributed by atoms with van der Waals surface area (Å²) in [4.78, 5) is 22.3. The van der Waals surface area contributed by atoms with Crippen LogP contribution in [0.5, 0.6) is 11.5 Å². The molecule has 0 aliphatic heterocycles. The molecule has 0 amide bonds. The first-order valence-electron chi connectivity index (χ1n) is 11.4. The highest BCUT2D eigenvalue weighted by Gasteiger charge is 2.37. The Kier molecular flexibility index (Phi) is 7.53. The predicted octanol–water partition coefficient (Wildman–Crippen LogP) is 7.03. The van der Waals surface area contributed by atoms with Gasteiger partial charge in [0.2, 0.25) is 0 Å². The number of rotatable bonds is 4. The van der Waals surface area contributed by atoms with Crippen LogP contribution in [0, 0.1) is 69.2 Å². The Morgan fingerprint density at radius 3 is 1.11 bits per heavy atom. The quantitative estimate of drug-likeness (QED) is 0.121. The first kappa shape index (κ1) is 30.4. The Labute approximate surface area is 247 Å². The zero-order valence-corrected chi connectivity index (χ0v) is 22.4. The van der Waals surface area contributed by atoms with Gasteiger partial charge in [0.25, 0.3) is 0 Å². The first-order chi connectivity index (χ1) is 20.7. The summed E-state index contributed by atoms with van der Waals surface area (Å²) in [5, 5.41) is 38.1. The minimum atomic E-state index is -2.12. The van der Waals surface area contributed by atoms with Crippen LogP contribution in [0.15, 0.2) is 43.8 Å². The van der Waals surface area contributed by atoms with Gasteiger partial charge in [-0.3, -0.25) is 9.59 Å². The summed E-state index contributed by atoms with van der Waals surface area (Å²) in [6.07, 6.45) is 0. The highest BCUT2D eigenvalue weighted by atomic mass is 32.2. The SMILES string of the molecule is N#Cc1c(F)c(F)c(Sc2cc3c(cc2Sc2c(F)c(F)c(C#N)c(F)c2F)C(=O)c2c(O)ccc(O)c2C3=O)c(F)c1F. The van der Waals surface area contributed by atoms with Crippen LogP contribution in [0.4, 0.5) is 35.1 Å². The maximum Gasteiger partial charge on any atom is 0.198 e. The predicted molar refractivity (Wildman–Crippen MR) is 133 cm³/mol. The molecule has 4 aromatic carbocycles. The number of phenolic OH excluding ortho intramolecular Hbond substituents is 2. The standard InChI is InChI=1S/C28H6F8N2O4S2/c29-17-9(5-37)18(30)22(34)27(21(17)33)43-13-3-7-8(26(42)16-12(40)2-1-11(39)15(16)25(7)41)4-14(13)44-28-23(35)19(31)10(6-38)20(32)24(28)36/h1-4,39-40H. The van der Waals surface area contributed by atoms with Crippen molar-refractivity contribution in [3.8, 4) is 23.6 Å². The van der Waals surface area contributed by atoms with Crippen LogP contribution in [-0.2, 0) is 0 Å². The number of nitrogens with zero attached hydrogens (tertiary/aromatic N) is 2. The van der Waals surface area contributed by atoms with E-state index in [1.54, 1.807) is 0 Å². The molecule has 0 unspecified atom stereocenters. The molecule has 0 saturated carbocycles. The third kappa shape index (κ3) is 4.42. The van der Waals surface area contributed by atoms with Crippen LogP contribution in [0.2, 0.25) is 0 Å². The van der Waals surface area contributed by atoms with E-state index in [4.69, 9.17) is 10.5 Å². The molecule has 2 N–H and O–H groups in total. The molecule has 1 aliphatic carbocycles. The highest BCUT2D eigenvalue weighted by molar-refractivity contribution is 8.02. The van der Waals surface area contributed by atoms with Crippen molar-refractivity contribution >= 4 is 35.1 Å². The van der Waals surface area contributed by atoms with Crippen molar-refractivity contribution in [3.05, 3.63) is 104 Å². The second-order valence-electron chi connectivity index (χ2n) is 8.70. The summed E-state index contributed by atoms with van der Waals surface area (Å²) in [7, 11) is 0. The monoisotopic (exact) mass is 650 g/mol. The number of nitriles is 2. The molecule has 0 spiro atoms. The lowest BCUT2D eigenvalue weighted by atomic mass is 9.83. The molecule has 44 heavy (non-hydrogen) atoms. The minimum Gasteiger partial charge on any atom is -0.507 e. The van der Waals surface area contributed by atoms with Crippen LogP contribution in [-0.4, -0.2) is 21.8 Å². The Morgan fingerprint density at radius 2 is 0.841 bits per heavy atom. The van der Waals surface area contributed by atoms with Gasteiger partial charge in [0.05, 0.1) is 20.9 Å². The molecule has 1 aliphatic rings. The normalized spacial score (nSPS) is 12.0. The third-order valence-electron chi connectivity index (χ3n) is 6.28. The molecule has 0 radical (unpaired) electrons. The smallest absolute Gasteiger partial charge is 0.198 e. The van der Waals surface area contributed by atoms with Gasteiger partial charge in [-0.15, -0.1) is 0 Å². The second-order valence-corrected chi connectivity index (χ2v) is 10.8. The maximum atomic E-state index is 14.8. The lowest BCUT2D eigenvalue weighted by molar-refractivity contribution is 0.0973. The van der Waals surface area contributed by atoms with E-state index in [9.17, 15) is 54.9 Å². The van der Waals surface area contributed by atoms with Crippen molar-refractivity contribution in [1.29, 1.82) is 10.5 Å². The van der Waals surface area contributed by atoms with Crippen molar-refractivity contribution < 1.29 is 54.9 Å². The van der Waals surface area contributed by atoms with E-state index in [1.807, 2.05) is 0 Å². The van der Waals surface area contributed by atoms with Crippen LogP contribution >= 0.6 is 23.5 Å². The molecule has 0 heterocycles. The largest absolute Gasteiger partial charge is 0.507 e. The van der Waals surface area contributed by atoms with E-state index < -0.39 is 123 Å². The fraction of sp³-hybridized carbons (Fsp3) is 0. The Balaban J connectivity index is 1.79. The fourth-order valence-corrected chi connectivity index (χ4v) is 6.30. The van der Waals surface area contributed by atoms with Gasteiger partial charge < -0.3 is 10.2 Å². The number of aromatic hydroxyl groups is 2. The fourth-order valence-electron chi connectivity index (χ4n) is 4.22. The maximum absolute atomic E-state index is 14.8. The van der Waals surface area contributed by atoms with Crippen LogP contribution in [0.25, 0.3) is 0 Å². The van der Waals surface area contributed by atoms with Gasteiger partial charge >= 0.3 is 0 Å². The molecule has 0 bridgehead atoms. The molecule has 0 atom stereocenters. The molecule has 16 heteroatoms. The van der Waals surface area contributed by atoms with Crippen LogP contribution in [0.1, 0.15) is 43.0 Å². The summed E-state index contributed by atoms with van der Waals surface area (Å²) in [6, 6.07) is 4.99. The Hall–Kier alpha value is -5.06. The molecular formula is C28H6F8N2O4S2. The van der Waals surface area contributed by atoms with E-state index in [1.165, 1.54) is 0 Å². The number of hydrogen-bond donors (Lipinski definition) is 2. The Morgan fingerprint density at radius 1 is 0.545 bits per heavy atom. The number of carbonyl (C=O) groups is 2. The summed E-state index contributed by atoms with van der Waals surface area (Å²) in [5.74, 6) is -20.7. The van der Waals surface area contributed by atoms with Gasteiger partial charge in [-0.1, -0.05) is 23.5 Å². The zero-order valence-electron chi connectivity index (χ0n) is 20.8. The van der Waals surface area contributed by atoms with E-state index in [2.05, 4.69) is 0 Å². The number of ketones is 2. The number of carbonyl (C=O) groups excluding carboxylic acids is 2. The van der Waals surface area contributed by atoms with Gasteiger partial charge in [0, 0.05) is 20.9 Å². The van der Waals surface area contributed by atoms with E-state index in [-0.39, 0.29) is 23.5 Å². The topological polar surface area (TPSA) is 122 Å². The molecule has 0 aromatic heterocycles. The van der Waals surface area contributed by atoms with E-state index >= 15 is 0 Å².